The van der Waals surface area contributed by atoms with Gasteiger partial charge in [-0.15, -0.1) is 11.3 Å². The molecule has 0 aliphatic carbocycles. The summed E-state index contributed by atoms with van der Waals surface area (Å²) < 4.78 is 2.13. The van der Waals surface area contributed by atoms with Crippen LogP contribution >= 0.6 is 23.6 Å². The highest BCUT2D eigenvalue weighted by molar-refractivity contribution is 7.71. The fourth-order valence-electron chi connectivity index (χ4n) is 1.92. The highest BCUT2D eigenvalue weighted by Gasteiger charge is 2.07. The van der Waals surface area contributed by atoms with Gasteiger partial charge in [-0.3, -0.25) is 0 Å². The second kappa shape index (κ2) is 5.75. The number of aryl methyl sites for hydroxylation is 2. The molecule has 2 aromatic heterocycles. The summed E-state index contributed by atoms with van der Waals surface area (Å²) in [7, 11) is 0. The topological polar surface area (TPSA) is 46.0 Å². The van der Waals surface area contributed by atoms with Crippen LogP contribution in [0.3, 0.4) is 0 Å². The van der Waals surface area contributed by atoms with Gasteiger partial charge in [-0.1, -0.05) is 29.8 Å². The summed E-state index contributed by atoms with van der Waals surface area (Å²) in [5, 5.41) is 13.6. The first kappa shape index (κ1) is 13.9. The summed E-state index contributed by atoms with van der Waals surface area (Å²) in [4.78, 5) is 1.12. The zero-order valence-electron chi connectivity index (χ0n) is 11.7. The number of benzene rings is 1. The van der Waals surface area contributed by atoms with Gasteiger partial charge in [0.15, 0.2) is 5.82 Å². The molecule has 0 spiro atoms. The van der Waals surface area contributed by atoms with Crippen molar-refractivity contribution in [3.8, 4) is 11.4 Å². The first-order valence-electron chi connectivity index (χ1n) is 6.48. The van der Waals surface area contributed by atoms with Crippen LogP contribution in [0.2, 0.25) is 0 Å². The smallest absolute Gasteiger partial charge is 0.216 e. The number of rotatable bonds is 3. The molecule has 0 saturated carbocycles. The average molecular weight is 314 g/mol. The number of hydrogen-bond donors (Lipinski definition) is 1. The van der Waals surface area contributed by atoms with Crippen molar-refractivity contribution in [2.45, 2.75) is 13.8 Å². The van der Waals surface area contributed by atoms with E-state index in [1.54, 1.807) is 16.0 Å². The minimum Gasteiger partial charge on any atom is -0.250 e. The van der Waals surface area contributed by atoms with E-state index in [1.165, 1.54) is 11.1 Å². The Morgan fingerprint density at radius 2 is 2.00 bits per heavy atom. The zero-order valence-corrected chi connectivity index (χ0v) is 13.3. The van der Waals surface area contributed by atoms with Crippen molar-refractivity contribution in [2.75, 3.05) is 0 Å². The summed E-state index contributed by atoms with van der Waals surface area (Å²) in [6.07, 6.45) is 1.82. The summed E-state index contributed by atoms with van der Waals surface area (Å²) >= 11 is 6.91. The second-order valence-electron chi connectivity index (χ2n) is 4.74. The predicted molar refractivity (Wildman–Crippen MR) is 89.6 cm³/mol. The van der Waals surface area contributed by atoms with E-state index in [2.05, 4.69) is 35.2 Å². The Labute approximate surface area is 131 Å². The fraction of sp³-hybridized carbons (Fsp3) is 0.133. The van der Waals surface area contributed by atoms with Crippen molar-refractivity contribution in [1.82, 2.24) is 14.9 Å². The van der Waals surface area contributed by atoms with Crippen molar-refractivity contribution in [2.24, 2.45) is 5.10 Å². The molecule has 0 aliphatic rings. The van der Waals surface area contributed by atoms with E-state index < -0.39 is 0 Å². The Morgan fingerprint density at radius 3 is 2.67 bits per heavy atom. The zero-order chi connectivity index (χ0) is 14.8. The molecule has 2 heterocycles. The number of aromatic amines is 1. The van der Waals surface area contributed by atoms with Gasteiger partial charge in [0, 0.05) is 5.56 Å². The molecule has 0 radical (unpaired) electrons. The molecule has 106 valence electrons. The van der Waals surface area contributed by atoms with E-state index in [-0.39, 0.29) is 0 Å². The molecule has 0 aliphatic heterocycles. The molecule has 0 saturated heterocycles. The number of thiophene rings is 1. The predicted octanol–water partition coefficient (Wildman–Crippen LogP) is 4.17. The van der Waals surface area contributed by atoms with Crippen molar-refractivity contribution in [3.05, 3.63) is 56.5 Å². The van der Waals surface area contributed by atoms with Gasteiger partial charge in [0.05, 0.1) is 11.1 Å². The van der Waals surface area contributed by atoms with Gasteiger partial charge in [0.25, 0.3) is 0 Å². The molecule has 6 heteroatoms. The Hall–Kier alpha value is -2.05. The number of nitrogens with zero attached hydrogens (tertiary/aromatic N) is 3. The number of nitrogens with one attached hydrogen (secondary N) is 1. The van der Waals surface area contributed by atoms with Gasteiger partial charge < -0.3 is 0 Å². The molecule has 3 rings (SSSR count). The third kappa shape index (κ3) is 2.86. The van der Waals surface area contributed by atoms with E-state index in [9.17, 15) is 0 Å². The SMILES string of the molecule is Cc1ccc(-c2n[nH]c(=S)n2N=Cc2sccc2C)cc1. The Bertz CT molecular complexity index is 837. The monoisotopic (exact) mass is 314 g/mol. The molecule has 1 aromatic carbocycles. The lowest BCUT2D eigenvalue weighted by Crippen LogP contribution is -1.94. The van der Waals surface area contributed by atoms with Crippen LogP contribution in [0.4, 0.5) is 0 Å². The molecular weight excluding hydrogens is 300 g/mol. The second-order valence-corrected chi connectivity index (χ2v) is 6.08. The van der Waals surface area contributed by atoms with Crippen LogP contribution in [-0.4, -0.2) is 21.1 Å². The molecule has 3 aromatic rings. The van der Waals surface area contributed by atoms with Crippen LogP contribution in [0.25, 0.3) is 11.4 Å². The summed E-state index contributed by atoms with van der Waals surface area (Å²) in [6.45, 7) is 4.12. The molecule has 0 atom stereocenters. The molecule has 0 unspecified atom stereocenters. The van der Waals surface area contributed by atoms with Crippen molar-refractivity contribution in [1.29, 1.82) is 0 Å². The van der Waals surface area contributed by atoms with Crippen LogP contribution in [0.5, 0.6) is 0 Å². The van der Waals surface area contributed by atoms with Crippen molar-refractivity contribution < 1.29 is 0 Å². The fourth-order valence-corrected chi connectivity index (χ4v) is 2.88. The lowest BCUT2D eigenvalue weighted by atomic mass is 10.1. The first-order chi connectivity index (χ1) is 10.1. The summed E-state index contributed by atoms with van der Waals surface area (Å²) in [5.41, 5.74) is 3.39. The summed E-state index contributed by atoms with van der Waals surface area (Å²) in [5.74, 6) is 0.713. The number of H-pyrrole nitrogens is 1. The van der Waals surface area contributed by atoms with E-state index in [0.29, 0.717) is 10.6 Å². The number of hydrogen-bond acceptors (Lipinski definition) is 4. The van der Waals surface area contributed by atoms with E-state index >= 15 is 0 Å². The highest BCUT2D eigenvalue weighted by Crippen LogP contribution is 2.18. The maximum Gasteiger partial charge on any atom is 0.216 e. The minimum absolute atomic E-state index is 0.482. The molecule has 4 nitrogen and oxygen atoms in total. The van der Waals surface area contributed by atoms with E-state index in [0.717, 1.165) is 10.4 Å². The summed E-state index contributed by atoms with van der Waals surface area (Å²) in [6, 6.07) is 10.2. The Morgan fingerprint density at radius 1 is 1.24 bits per heavy atom. The highest BCUT2D eigenvalue weighted by atomic mass is 32.1. The number of aromatic nitrogens is 3. The molecule has 0 amide bonds. The van der Waals surface area contributed by atoms with Crippen LogP contribution in [0.15, 0.2) is 40.8 Å². The normalized spacial score (nSPS) is 11.3. The Kier molecular flexibility index (Phi) is 3.81. The van der Waals surface area contributed by atoms with Crippen LogP contribution in [0, 0.1) is 18.6 Å². The van der Waals surface area contributed by atoms with Crippen LogP contribution in [0.1, 0.15) is 16.0 Å². The maximum absolute atomic E-state index is 5.26. The van der Waals surface area contributed by atoms with Gasteiger partial charge in [0.2, 0.25) is 4.77 Å². The molecule has 0 bridgehead atoms. The molecule has 21 heavy (non-hydrogen) atoms. The van der Waals surface area contributed by atoms with Crippen LogP contribution < -0.4 is 0 Å². The third-order valence-electron chi connectivity index (χ3n) is 3.15. The largest absolute Gasteiger partial charge is 0.250 e. The van der Waals surface area contributed by atoms with E-state index in [4.69, 9.17) is 12.2 Å². The third-order valence-corrected chi connectivity index (χ3v) is 4.37. The Balaban J connectivity index is 2.02. The standard InChI is InChI=1S/C15H14N4S2/c1-10-3-5-12(6-4-10)14-17-18-15(20)19(14)16-9-13-11(2)7-8-21-13/h3-9H,1-2H3,(H,18,20). The van der Waals surface area contributed by atoms with Gasteiger partial charge in [-0.2, -0.15) is 14.9 Å². The van der Waals surface area contributed by atoms with E-state index in [1.807, 2.05) is 35.9 Å². The van der Waals surface area contributed by atoms with Gasteiger partial charge >= 0.3 is 0 Å². The van der Waals surface area contributed by atoms with Gasteiger partial charge in [-0.25, -0.2) is 5.10 Å². The first-order valence-corrected chi connectivity index (χ1v) is 7.77. The minimum atomic E-state index is 0.482. The quantitative estimate of drug-likeness (QED) is 0.582. The molecule has 1 N–H and O–H groups in total. The van der Waals surface area contributed by atoms with Gasteiger partial charge in [0.1, 0.15) is 0 Å². The molecule has 0 fully saturated rings. The van der Waals surface area contributed by atoms with Gasteiger partial charge in [-0.05, 0) is 43.1 Å². The van der Waals surface area contributed by atoms with Crippen LogP contribution in [-0.2, 0) is 0 Å². The maximum atomic E-state index is 5.26. The average Bonchev–Trinajstić information content (AvgIpc) is 3.04. The lowest BCUT2D eigenvalue weighted by molar-refractivity contribution is 0.872. The van der Waals surface area contributed by atoms with Crippen molar-refractivity contribution in [3.63, 3.8) is 0 Å². The lowest BCUT2D eigenvalue weighted by Gasteiger charge is -2.01. The molecular formula is C15H14N4S2. The van der Waals surface area contributed by atoms with Crippen molar-refractivity contribution >= 4 is 29.8 Å².